The fourth-order valence-electron chi connectivity index (χ4n) is 1.17. The zero-order chi connectivity index (χ0) is 10.3. The summed E-state index contributed by atoms with van der Waals surface area (Å²) in [4.78, 5) is 9.95. The van der Waals surface area contributed by atoms with E-state index in [2.05, 4.69) is 15.9 Å². The monoisotopic (exact) mass is 275 g/mol. The van der Waals surface area contributed by atoms with E-state index in [1.54, 1.807) is 11.4 Å². The number of nitro groups is 1. The molecule has 1 aromatic carbocycles. The highest BCUT2D eigenvalue weighted by Crippen LogP contribution is 2.35. The first-order chi connectivity index (χ1) is 6.61. The van der Waals surface area contributed by atoms with Gasteiger partial charge < -0.3 is 0 Å². The average Bonchev–Trinajstić information content (AvgIpc) is 2.58. The van der Waals surface area contributed by atoms with Crippen LogP contribution in [-0.4, -0.2) is 4.92 Å². The van der Waals surface area contributed by atoms with Gasteiger partial charge in [-0.2, -0.15) is 0 Å². The number of benzene rings is 1. The van der Waals surface area contributed by atoms with E-state index in [0.717, 1.165) is 0 Å². The highest BCUT2D eigenvalue weighted by molar-refractivity contribution is 9.10. The normalized spacial score (nSPS) is 10.7. The van der Waals surface area contributed by atoms with Gasteiger partial charge in [0.15, 0.2) is 5.82 Å². The molecule has 0 N–H and O–H groups in total. The Labute approximate surface area is 90.4 Å². The summed E-state index contributed by atoms with van der Waals surface area (Å²) in [7, 11) is 0. The Bertz CT molecular complexity index is 525. The number of nitro benzene ring substituents is 1. The van der Waals surface area contributed by atoms with E-state index < -0.39 is 10.7 Å². The number of halogens is 2. The summed E-state index contributed by atoms with van der Waals surface area (Å²) in [5, 5.41) is 12.7. The lowest BCUT2D eigenvalue weighted by Crippen LogP contribution is -1.91. The zero-order valence-corrected chi connectivity index (χ0v) is 9.06. The Kier molecular flexibility index (Phi) is 2.24. The summed E-state index contributed by atoms with van der Waals surface area (Å²) < 4.78 is 14.0. The van der Waals surface area contributed by atoms with Gasteiger partial charge in [-0.3, -0.25) is 10.1 Å². The average molecular weight is 276 g/mol. The second-order valence-electron chi connectivity index (χ2n) is 2.61. The Morgan fingerprint density at radius 3 is 2.93 bits per heavy atom. The molecule has 0 aliphatic rings. The number of fused-ring (bicyclic) bond motifs is 1. The second kappa shape index (κ2) is 3.29. The highest BCUT2D eigenvalue weighted by atomic mass is 79.9. The molecular formula is C8H3BrFNO2S. The van der Waals surface area contributed by atoms with Crippen LogP contribution in [0.1, 0.15) is 0 Å². The summed E-state index contributed by atoms with van der Waals surface area (Å²) in [6.07, 6.45) is 0. The van der Waals surface area contributed by atoms with Crippen LogP contribution in [0.4, 0.5) is 10.1 Å². The van der Waals surface area contributed by atoms with E-state index in [1.165, 1.54) is 17.4 Å². The first kappa shape index (κ1) is 9.54. The van der Waals surface area contributed by atoms with Gasteiger partial charge in [-0.05, 0) is 27.4 Å². The maximum absolute atomic E-state index is 13.5. The SMILES string of the molecule is O=[N+]([O-])c1cc2sccc2c(F)c1Br. The molecule has 2 rings (SSSR count). The van der Waals surface area contributed by atoms with E-state index in [-0.39, 0.29) is 10.2 Å². The van der Waals surface area contributed by atoms with E-state index in [0.29, 0.717) is 10.1 Å². The van der Waals surface area contributed by atoms with Crippen LogP contribution in [0.25, 0.3) is 10.1 Å². The molecule has 3 nitrogen and oxygen atoms in total. The Balaban J connectivity index is 2.87. The van der Waals surface area contributed by atoms with Gasteiger partial charge >= 0.3 is 0 Å². The van der Waals surface area contributed by atoms with Crippen molar-refractivity contribution in [3.63, 3.8) is 0 Å². The number of hydrogen-bond donors (Lipinski definition) is 0. The largest absolute Gasteiger partial charge is 0.287 e. The number of rotatable bonds is 1. The second-order valence-corrected chi connectivity index (χ2v) is 4.35. The molecule has 0 saturated carbocycles. The van der Waals surface area contributed by atoms with Gasteiger partial charge in [-0.15, -0.1) is 11.3 Å². The van der Waals surface area contributed by atoms with Crippen molar-refractivity contribution in [2.75, 3.05) is 0 Å². The Morgan fingerprint density at radius 1 is 1.57 bits per heavy atom. The molecule has 1 aromatic heterocycles. The minimum Gasteiger partial charge on any atom is -0.258 e. The predicted octanol–water partition coefficient (Wildman–Crippen LogP) is 3.71. The minimum absolute atomic E-state index is 0.0894. The van der Waals surface area contributed by atoms with E-state index >= 15 is 0 Å². The van der Waals surface area contributed by atoms with Gasteiger partial charge in [-0.1, -0.05) is 0 Å². The molecule has 0 aliphatic carbocycles. The van der Waals surface area contributed by atoms with E-state index in [4.69, 9.17) is 0 Å². The molecule has 0 amide bonds. The van der Waals surface area contributed by atoms with Crippen molar-refractivity contribution in [2.45, 2.75) is 0 Å². The van der Waals surface area contributed by atoms with Gasteiger partial charge in [0.05, 0.1) is 4.92 Å². The Morgan fingerprint density at radius 2 is 2.29 bits per heavy atom. The van der Waals surface area contributed by atoms with Gasteiger partial charge in [0.2, 0.25) is 0 Å². The van der Waals surface area contributed by atoms with E-state index in [1.807, 2.05) is 0 Å². The number of thiophene rings is 1. The molecule has 1 heterocycles. The fourth-order valence-corrected chi connectivity index (χ4v) is 2.45. The van der Waals surface area contributed by atoms with Crippen molar-refractivity contribution in [1.82, 2.24) is 0 Å². The van der Waals surface area contributed by atoms with Crippen molar-refractivity contribution >= 4 is 43.0 Å². The fraction of sp³-hybridized carbons (Fsp3) is 0. The molecular weight excluding hydrogens is 273 g/mol. The number of hydrogen-bond acceptors (Lipinski definition) is 3. The van der Waals surface area contributed by atoms with Crippen LogP contribution < -0.4 is 0 Å². The summed E-state index contributed by atoms with van der Waals surface area (Å²) in [5.41, 5.74) is -0.238. The first-order valence-electron chi connectivity index (χ1n) is 3.61. The van der Waals surface area contributed by atoms with Crippen LogP contribution in [0.5, 0.6) is 0 Å². The van der Waals surface area contributed by atoms with Crippen LogP contribution in [-0.2, 0) is 0 Å². The lowest BCUT2D eigenvalue weighted by Gasteiger charge is -1.98. The molecule has 0 aliphatic heterocycles. The summed E-state index contributed by atoms with van der Waals surface area (Å²) >= 11 is 4.15. The molecule has 0 radical (unpaired) electrons. The van der Waals surface area contributed by atoms with Crippen LogP contribution >= 0.6 is 27.3 Å². The minimum atomic E-state index is -0.605. The topological polar surface area (TPSA) is 43.1 Å². The van der Waals surface area contributed by atoms with Crippen LogP contribution in [0.3, 0.4) is 0 Å². The predicted molar refractivity (Wildman–Crippen MR) is 56.1 cm³/mol. The third-order valence-corrected chi connectivity index (χ3v) is 3.43. The molecule has 0 spiro atoms. The van der Waals surface area contributed by atoms with Gasteiger partial charge in [0.25, 0.3) is 5.69 Å². The number of nitrogens with zero attached hydrogens (tertiary/aromatic N) is 1. The molecule has 6 heteroatoms. The van der Waals surface area contributed by atoms with Gasteiger partial charge in [-0.25, -0.2) is 4.39 Å². The van der Waals surface area contributed by atoms with Crippen molar-refractivity contribution < 1.29 is 9.31 Å². The molecule has 14 heavy (non-hydrogen) atoms. The summed E-state index contributed by atoms with van der Waals surface area (Å²) in [6, 6.07) is 2.97. The van der Waals surface area contributed by atoms with Crippen LogP contribution in [0, 0.1) is 15.9 Å². The maximum Gasteiger partial charge on any atom is 0.287 e. The molecule has 0 atom stereocenters. The van der Waals surface area contributed by atoms with Crippen LogP contribution in [0.2, 0.25) is 0 Å². The molecule has 0 unspecified atom stereocenters. The Hall–Kier alpha value is -1.01. The molecule has 0 bridgehead atoms. The summed E-state index contributed by atoms with van der Waals surface area (Å²) in [5.74, 6) is -0.574. The smallest absolute Gasteiger partial charge is 0.258 e. The standard InChI is InChI=1S/C8H3BrFNO2S/c9-7-5(11(12)13)3-6-4(8(7)10)1-2-14-6/h1-3H. The maximum atomic E-state index is 13.5. The molecule has 0 saturated heterocycles. The van der Waals surface area contributed by atoms with Crippen molar-refractivity contribution in [1.29, 1.82) is 0 Å². The third kappa shape index (κ3) is 1.31. The van der Waals surface area contributed by atoms with Crippen molar-refractivity contribution in [3.8, 4) is 0 Å². The lowest BCUT2D eigenvalue weighted by molar-refractivity contribution is -0.385. The zero-order valence-electron chi connectivity index (χ0n) is 6.66. The van der Waals surface area contributed by atoms with Crippen molar-refractivity contribution in [3.05, 3.63) is 37.9 Å². The molecule has 0 fully saturated rings. The van der Waals surface area contributed by atoms with Crippen molar-refractivity contribution in [2.24, 2.45) is 0 Å². The third-order valence-electron chi connectivity index (χ3n) is 1.81. The van der Waals surface area contributed by atoms with Crippen LogP contribution in [0.15, 0.2) is 22.0 Å². The molecule has 72 valence electrons. The highest BCUT2D eigenvalue weighted by Gasteiger charge is 2.19. The summed E-state index contributed by atoms with van der Waals surface area (Å²) in [6.45, 7) is 0. The van der Waals surface area contributed by atoms with E-state index in [9.17, 15) is 14.5 Å². The molecule has 2 aromatic rings. The van der Waals surface area contributed by atoms with Gasteiger partial charge in [0, 0.05) is 16.2 Å². The van der Waals surface area contributed by atoms with Gasteiger partial charge in [0.1, 0.15) is 4.47 Å². The lowest BCUT2D eigenvalue weighted by atomic mass is 10.2. The first-order valence-corrected chi connectivity index (χ1v) is 5.28. The quantitative estimate of drug-likeness (QED) is 0.588.